The molecule has 0 aromatic carbocycles. The number of hydrogen-bond donors (Lipinski definition) is 1. The van der Waals surface area contributed by atoms with Crippen LogP contribution in [0.1, 0.15) is 78.1 Å². The van der Waals surface area contributed by atoms with Crippen molar-refractivity contribution in [2.45, 2.75) is 78.1 Å². The van der Waals surface area contributed by atoms with Gasteiger partial charge < -0.3 is 5.32 Å². The number of rotatable bonds is 13. The number of carbonyl (C=O) groups is 1. The zero-order valence-electron chi connectivity index (χ0n) is 13.5. The molecule has 0 saturated carbocycles. The minimum atomic E-state index is 0.0216. The molecule has 2 heteroatoms. The van der Waals surface area contributed by atoms with Gasteiger partial charge in [0.25, 0.3) is 0 Å². The average Bonchev–Trinajstić information content (AvgIpc) is 2.43. The number of hydrogen-bond acceptors (Lipinski definition) is 1. The maximum absolute atomic E-state index is 10.6. The minimum Gasteiger partial charge on any atom is -0.353 e. The molecule has 2 nitrogen and oxygen atoms in total. The molecule has 0 fully saturated rings. The maximum Gasteiger partial charge on any atom is 0.217 e. The van der Waals surface area contributed by atoms with Gasteiger partial charge in [0, 0.05) is 13.5 Å². The van der Waals surface area contributed by atoms with Crippen molar-refractivity contribution in [2.75, 3.05) is 6.54 Å². The standard InChI is InChI=1S/C18H33NO/c1-3-4-5-6-7-8-9-10-11-12-13-14-15-16-17-19-18(2)20/h13-16H,3-12,17H2,1-2H3,(H,19,20)/b14-13+,16-15+. The van der Waals surface area contributed by atoms with Crippen LogP contribution in [0.4, 0.5) is 0 Å². The SMILES string of the molecule is CCCCCCCCCCC/C=C/C=C/CNC(C)=O. The molecule has 0 spiro atoms. The summed E-state index contributed by atoms with van der Waals surface area (Å²) < 4.78 is 0. The van der Waals surface area contributed by atoms with Crippen LogP contribution in [0.5, 0.6) is 0 Å². The zero-order chi connectivity index (χ0) is 14.9. The zero-order valence-corrected chi connectivity index (χ0v) is 13.5. The summed E-state index contributed by atoms with van der Waals surface area (Å²) in [6.45, 7) is 4.42. The lowest BCUT2D eigenvalue weighted by atomic mass is 10.1. The van der Waals surface area contributed by atoms with Gasteiger partial charge in [0.1, 0.15) is 0 Å². The van der Waals surface area contributed by atoms with Crippen molar-refractivity contribution >= 4 is 5.91 Å². The van der Waals surface area contributed by atoms with Crippen molar-refractivity contribution in [3.05, 3.63) is 24.3 Å². The van der Waals surface area contributed by atoms with Gasteiger partial charge in [-0.1, -0.05) is 82.6 Å². The number of allylic oxidation sites excluding steroid dienone is 3. The molecule has 0 aromatic rings. The largest absolute Gasteiger partial charge is 0.353 e. The van der Waals surface area contributed by atoms with Crippen LogP contribution in [0.15, 0.2) is 24.3 Å². The molecule has 0 aliphatic heterocycles. The summed E-state index contributed by atoms with van der Waals surface area (Å²) in [6.07, 6.45) is 21.9. The van der Waals surface area contributed by atoms with E-state index in [1.54, 1.807) is 0 Å². The van der Waals surface area contributed by atoms with E-state index in [0.29, 0.717) is 6.54 Å². The molecule has 0 aliphatic carbocycles. The Morgan fingerprint density at radius 1 is 0.850 bits per heavy atom. The Balaban J connectivity index is 3.17. The van der Waals surface area contributed by atoms with Crippen molar-refractivity contribution in [2.24, 2.45) is 0 Å². The van der Waals surface area contributed by atoms with Gasteiger partial charge in [-0.3, -0.25) is 4.79 Å². The van der Waals surface area contributed by atoms with Crippen molar-refractivity contribution in [1.29, 1.82) is 0 Å². The van der Waals surface area contributed by atoms with Gasteiger partial charge in [0.05, 0.1) is 0 Å². The normalized spacial score (nSPS) is 11.5. The third-order valence-corrected chi connectivity index (χ3v) is 3.33. The smallest absolute Gasteiger partial charge is 0.217 e. The first-order valence-corrected chi connectivity index (χ1v) is 8.33. The number of unbranched alkanes of at least 4 members (excludes halogenated alkanes) is 9. The monoisotopic (exact) mass is 279 g/mol. The summed E-state index contributed by atoms with van der Waals surface area (Å²) in [6, 6.07) is 0. The van der Waals surface area contributed by atoms with Crippen LogP contribution in [0.25, 0.3) is 0 Å². The molecule has 0 aliphatic rings. The molecule has 0 rings (SSSR count). The van der Waals surface area contributed by atoms with Gasteiger partial charge in [-0.05, 0) is 12.8 Å². The van der Waals surface area contributed by atoms with Crippen LogP contribution in [-0.4, -0.2) is 12.5 Å². The summed E-state index contributed by atoms with van der Waals surface area (Å²) in [5, 5.41) is 2.73. The fraction of sp³-hybridized carbons (Fsp3) is 0.722. The highest BCUT2D eigenvalue weighted by molar-refractivity contribution is 5.72. The third-order valence-electron chi connectivity index (χ3n) is 3.33. The van der Waals surface area contributed by atoms with Crippen LogP contribution in [0.2, 0.25) is 0 Å². The molecule has 0 radical (unpaired) electrons. The van der Waals surface area contributed by atoms with Gasteiger partial charge in [-0.2, -0.15) is 0 Å². The van der Waals surface area contributed by atoms with Crippen LogP contribution >= 0.6 is 0 Å². The Hall–Kier alpha value is -1.05. The lowest BCUT2D eigenvalue weighted by Crippen LogP contribution is -2.19. The van der Waals surface area contributed by atoms with Gasteiger partial charge in [0.2, 0.25) is 5.91 Å². The van der Waals surface area contributed by atoms with Crippen molar-refractivity contribution in [3.63, 3.8) is 0 Å². The lowest BCUT2D eigenvalue weighted by molar-refractivity contribution is -0.118. The van der Waals surface area contributed by atoms with E-state index in [4.69, 9.17) is 0 Å². The molecule has 20 heavy (non-hydrogen) atoms. The summed E-state index contributed by atoms with van der Waals surface area (Å²) in [5.74, 6) is 0.0216. The van der Waals surface area contributed by atoms with E-state index in [0.717, 1.165) is 0 Å². The second kappa shape index (κ2) is 16.0. The first kappa shape index (κ1) is 18.9. The fourth-order valence-electron chi connectivity index (χ4n) is 2.10. The molecular weight excluding hydrogens is 246 g/mol. The van der Waals surface area contributed by atoms with E-state index in [9.17, 15) is 4.79 Å². The molecule has 116 valence electrons. The van der Waals surface area contributed by atoms with E-state index < -0.39 is 0 Å². The quantitative estimate of drug-likeness (QED) is 0.366. The first-order chi connectivity index (χ1) is 9.77. The average molecular weight is 279 g/mol. The molecular formula is C18H33NO. The van der Waals surface area contributed by atoms with Crippen molar-refractivity contribution < 1.29 is 4.79 Å². The lowest BCUT2D eigenvalue weighted by Gasteiger charge is -2.00. The first-order valence-electron chi connectivity index (χ1n) is 8.33. The predicted molar refractivity (Wildman–Crippen MR) is 88.8 cm³/mol. The summed E-state index contributed by atoms with van der Waals surface area (Å²) in [5.41, 5.74) is 0. The van der Waals surface area contributed by atoms with Crippen LogP contribution < -0.4 is 5.32 Å². The Morgan fingerprint density at radius 3 is 2.00 bits per heavy atom. The van der Waals surface area contributed by atoms with Crippen molar-refractivity contribution in [1.82, 2.24) is 5.32 Å². The highest BCUT2D eigenvalue weighted by Gasteiger charge is 1.90. The summed E-state index contributed by atoms with van der Waals surface area (Å²) in [7, 11) is 0. The van der Waals surface area contributed by atoms with Gasteiger partial charge in [0.15, 0.2) is 0 Å². The van der Waals surface area contributed by atoms with E-state index in [1.165, 1.54) is 71.1 Å². The molecule has 0 bridgehead atoms. The highest BCUT2D eigenvalue weighted by Crippen LogP contribution is 2.10. The highest BCUT2D eigenvalue weighted by atomic mass is 16.1. The van der Waals surface area contributed by atoms with Gasteiger partial charge in [-0.15, -0.1) is 0 Å². The second-order valence-corrected chi connectivity index (χ2v) is 5.41. The molecule has 0 heterocycles. The Bertz CT molecular complexity index is 269. The molecule has 1 amide bonds. The molecule has 0 unspecified atom stereocenters. The Labute approximate surface area is 125 Å². The fourth-order valence-corrected chi connectivity index (χ4v) is 2.10. The van der Waals surface area contributed by atoms with Gasteiger partial charge >= 0.3 is 0 Å². The molecule has 1 N–H and O–H groups in total. The third kappa shape index (κ3) is 16.9. The Morgan fingerprint density at radius 2 is 1.40 bits per heavy atom. The second-order valence-electron chi connectivity index (χ2n) is 5.41. The van der Waals surface area contributed by atoms with Crippen LogP contribution in [0, 0.1) is 0 Å². The Kier molecular flexibility index (Phi) is 15.2. The number of carbonyl (C=O) groups excluding carboxylic acids is 1. The van der Waals surface area contributed by atoms with E-state index >= 15 is 0 Å². The van der Waals surface area contributed by atoms with Crippen LogP contribution in [0.3, 0.4) is 0 Å². The van der Waals surface area contributed by atoms with E-state index in [-0.39, 0.29) is 5.91 Å². The predicted octanol–water partition coefficient (Wildman–Crippen LogP) is 5.16. The van der Waals surface area contributed by atoms with E-state index in [2.05, 4.69) is 24.4 Å². The minimum absolute atomic E-state index is 0.0216. The van der Waals surface area contributed by atoms with Gasteiger partial charge in [-0.25, -0.2) is 0 Å². The molecule has 0 saturated heterocycles. The molecule has 0 atom stereocenters. The van der Waals surface area contributed by atoms with Crippen LogP contribution in [-0.2, 0) is 4.79 Å². The number of amides is 1. The number of nitrogens with one attached hydrogen (secondary N) is 1. The maximum atomic E-state index is 10.6. The van der Waals surface area contributed by atoms with Crippen molar-refractivity contribution in [3.8, 4) is 0 Å². The summed E-state index contributed by atoms with van der Waals surface area (Å²) in [4.78, 5) is 10.6. The molecule has 0 aromatic heterocycles. The topological polar surface area (TPSA) is 29.1 Å². The summed E-state index contributed by atoms with van der Waals surface area (Å²) >= 11 is 0. The van der Waals surface area contributed by atoms with E-state index in [1.807, 2.05) is 12.2 Å².